The maximum absolute atomic E-state index is 6.14. The quantitative estimate of drug-likeness (QED) is 0.789. The van der Waals surface area contributed by atoms with Gasteiger partial charge in [-0.05, 0) is 56.6 Å². The van der Waals surface area contributed by atoms with Gasteiger partial charge in [0.05, 0.1) is 0 Å². The second kappa shape index (κ2) is 3.38. The summed E-state index contributed by atoms with van der Waals surface area (Å²) in [7, 11) is 0. The molecule has 2 heteroatoms. The summed E-state index contributed by atoms with van der Waals surface area (Å²) >= 11 is 0. The maximum Gasteiger partial charge on any atom is 0.0333 e. The van der Waals surface area contributed by atoms with Crippen LogP contribution in [-0.4, -0.2) is 4.57 Å². The first-order valence-electron chi connectivity index (χ1n) is 6.22. The van der Waals surface area contributed by atoms with E-state index in [0.29, 0.717) is 12.1 Å². The maximum atomic E-state index is 6.14. The number of nitrogens with zero attached hydrogens (tertiary/aromatic N) is 1. The zero-order chi connectivity index (χ0) is 10.4. The van der Waals surface area contributed by atoms with Crippen molar-refractivity contribution in [3.05, 3.63) is 23.5 Å². The van der Waals surface area contributed by atoms with Gasteiger partial charge in [-0.2, -0.15) is 0 Å². The number of aromatic nitrogens is 1. The van der Waals surface area contributed by atoms with Crippen LogP contribution in [-0.2, 0) is 6.42 Å². The smallest absolute Gasteiger partial charge is 0.0333 e. The molecule has 2 N–H and O–H groups in total. The number of nitrogens with two attached hydrogens (primary N) is 1. The Bertz CT molecular complexity index is 363. The highest BCUT2D eigenvalue weighted by Gasteiger charge is 2.31. The Morgan fingerprint density at radius 1 is 1.40 bits per heavy atom. The minimum Gasteiger partial charge on any atom is -0.348 e. The molecule has 15 heavy (non-hydrogen) atoms. The van der Waals surface area contributed by atoms with Gasteiger partial charge in [0.1, 0.15) is 0 Å². The summed E-state index contributed by atoms with van der Waals surface area (Å²) in [5.74, 6) is 0.930. The number of rotatable bonds is 2. The molecular weight excluding hydrogens is 184 g/mol. The molecule has 0 amide bonds. The van der Waals surface area contributed by atoms with Gasteiger partial charge < -0.3 is 10.3 Å². The lowest BCUT2D eigenvalue weighted by atomic mass is 9.93. The third-order valence-electron chi connectivity index (χ3n) is 4.13. The predicted octanol–water partition coefficient (Wildman–Crippen LogP) is 2.80. The van der Waals surface area contributed by atoms with Gasteiger partial charge in [-0.1, -0.05) is 0 Å². The lowest BCUT2D eigenvalue weighted by Gasteiger charge is -2.23. The van der Waals surface area contributed by atoms with Crippen LogP contribution >= 0.6 is 0 Å². The van der Waals surface area contributed by atoms with Crippen LogP contribution in [0.1, 0.15) is 55.9 Å². The van der Waals surface area contributed by atoms with E-state index in [-0.39, 0.29) is 0 Å². The molecular formula is C13H20N2. The van der Waals surface area contributed by atoms with E-state index in [1.165, 1.54) is 36.9 Å². The fourth-order valence-corrected chi connectivity index (χ4v) is 2.94. The van der Waals surface area contributed by atoms with Crippen molar-refractivity contribution in [3.63, 3.8) is 0 Å². The van der Waals surface area contributed by atoms with E-state index in [1.807, 2.05) is 0 Å². The number of hydrogen-bond acceptors (Lipinski definition) is 1. The molecule has 2 unspecified atom stereocenters. The molecule has 2 atom stereocenters. The molecule has 2 aliphatic carbocycles. The van der Waals surface area contributed by atoms with Crippen LogP contribution in [0.4, 0.5) is 0 Å². The van der Waals surface area contributed by atoms with Gasteiger partial charge in [-0.25, -0.2) is 0 Å². The lowest BCUT2D eigenvalue weighted by Crippen LogP contribution is -2.19. The standard InChI is InChI=1S/C13H20N2/c1-9(10-5-6-10)15-8-7-11-12(14)3-2-4-13(11)15/h7-10,12H,2-6,14H2,1H3. The molecule has 82 valence electrons. The highest BCUT2D eigenvalue weighted by molar-refractivity contribution is 5.29. The molecule has 1 heterocycles. The van der Waals surface area contributed by atoms with Crippen LogP contribution in [0.15, 0.2) is 12.3 Å². The van der Waals surface area contributed by atoms with Crippen LogP contribution in [0.25, 0.3) is 0 Å². The Morgan fingerprint density at radius 2 is 2.20 bits per heavy atom. The summed E-state index contributed by atoms with van der Waals surface area (Å²) in [5.41, 5.74) is 9.07. The van der Waals surface area contributed by atoms with Crippen LogP contribution in [0.3, 0.4) is 0 Å². The van der Waals surface area contributed by atoms with Gasteiger partial charge in [0.2, 0.25) is 0 Å². The molecule has 0 radical (unpaired) electrons. The molecule has 3 rings (SSSR count). The summed E-state index contributed by atoms with van der Waals surface area (Å²) in [6.07, 6.45) is 8.75. The van der Waals surface area contributed by atoms with E-state index in [4.69, 9.17) is 5.73 Å². The second-order valence-corrected chi connectivity index (χ2v) is 5.20. The SMILES string of the molecule is CC(C1CC1)n1ccc2c1CCCC2N. The summed E-state index contributed by atoms with van der Waals surface area (Å²) in [6, 6.07) is 3.23. The lowest BCUT2D eigenvalue weighted by molar-refractivity contribution is 0.452. The summed E-state index contributed by atoms with van der Waals surface area (Å²) in [4.78, 5) is 0. The van der Waals surface area contributed by atoms with E-state index < -0.39 is 0 Å². The Balaban J connectivity index is 1.95. The molecule has 1 aromatic heterocycles. The largest absolute Gasteiger partial charge is 0.348 e. The molecule has 2 nitrogen and oxygen atoms in total. The molecule has 0 bridgehead atoms. The topological polar surface area (TPSA) is 30.9 Å². The number of hydrogen-bond donors (Lipinski definition) is 1. The minimum absolute atomic E-state index is 0.293. The van der Waals surface area contributed by atoms with E-state index in [0.717, 1.165) is 12.3 Å². The molecule has 1 fully saturated rings. The van der Waals surface area contributed by atoms with Crippen molar-refractivity contribution in [2.45, 2.75) is 51.1 Å². The Kier molecular flexibility index (Phi) is 2.13. The average Bonchev–Trinajstić information content (AvgIpc) is 2.98. The molecule has 0 saturated heterocycles. The van der Waals surface area contributed by atoms with E-state index in [1.54, 1.807) is 0 Å². The summed E-state index contributed by atoms with van der Waals surface area (Å²) in [5, 5.41) is 0. The van der Waals surface area contributed by atoms with Crippen LogP contribution in [0.5, 0.6) is 0 Å². The van der Waals surface area contributed by atoms with Gasteiger partial charge in [-0.3, -0.25) is 0 Å². The van der Waals surface area contributed by atoms with Crippen molar-refractivity contribution in [2.75, 3.05) is 0 Å². The van der Waals surface area contributed by atoms with E-state index >= 15 is 0 Å². The molecule has 0 aliphatic heterocycles. The second-order valence-electron chi connectivity index (χ2n) is 5.20. The Morgan fingerprint density at radius 3 is 2.93 bits per heavy atom. The summed E-state index contributed by atoms with van der Waals surface area (Å²) in [6.45, 7) is 2.36. The zero-order valence-corrected chi connectivity index (χ0v) is 9.45. The summed E-state index contributed by atoms with van der Waals surface area (Å²) < 4.78 is 2.49. The van der Waals surface area contributed by atoms with Gasteiger partial charge in [0.15, 0.2) is 0 Å². The minimum atomic E-state index is 0.293. The first-order chi connectivity index (χ1) is 7.27. The fourth-order valence-electron chi connectivity index (χ4n) is 2.94. The molecule has 0 spiro atoms. The third kappa shape index (κ3) is 1.51. The van der Waals surface area contributed by atoms with Crippen LogP contribution < -0.4 is 5.73 Å². The first kappa shape index (κ1) is 9.46. The normalized spacial score (nSPS) is 27.5. The van der Waals surface area contributed by atoms with Gasteiger partial charge in [-0.15, -0.1) is 0 Å². The highest BCUT2D eigenvalue weighted by atomic mass is 15.0. The van der Waals surface area contributed by atoms with Crippen molar-refractivity contribution in [1.29, 1.82) is 0 Å². The van der Waals surface area contributed by atoms with Crippen LogP contribution in [0, 0.1) is 5.92 Å². The van der Waals surface area contributed by atoms with E-state index in [9.17, 15) is 0 Å². The first-order valence-corrected chi connectivity index (χ1v) is 6.22. The van der Waals surface area contributed by atoms with Gasteiger partial charge in [0, 0.05) is 24.0 Å². The predicted molar refractivity (Wildman–Crippen MR) is 61.7 cm³/mol. The van der Waals surface area contributed by atoms with Crippen LogP contribution in [0.2, 0.25) is 0 Å². The molecule has 1 aromatic rings. The number of fused-ring (bicyclic) bond motifs is 1. The molecule has 1 saturated carbocycles. The Hall–Kier alpha value is -0.760. The van der Waals surface area contributed by atoms with Crippen molar-refractivity contribution >= 4 is 0 Å². The monoisotopic (exact) mass is 204 g/mol. The van der Waals surface area contributed by atoms with Gasteiger partial charge in [0.25, 0.3) is 0 Å². The van der Waals surface area contributed by atoms with Crippen molar-refractivity contribution in [3.8, 4) is 0 Å². The van der Waals surface area contributed by atoms with Crippen molar-refractivity contribution in [1.82, 2.24) is 4.57 Å². The third-order valence-corrected chi connectivity index (χ3v) is 4.13. The Labute approximate surface area is 91.5 Å². The average molecular weight is 204 g/mol. The van der Waals surface area contributed by atoms with Gasteiger partial charge >= 0.3 is 0 Å². The highest BCUT2D eigenvalue weighted by Crippen LogP contribution is 2.41. The molecule has 0 aromatic carbocycles. The molecule has 2 aliphatic rings. The van der Waals surface area contributed by atoms with Crippen molar-refractivity contribution in [2.24, 2.45) is 11.7 Å². The zero-order valence-electron chi connectivity index (χ0n) is 9.45. The van der Waals surface area contributed by atoms with Crippen molar-refractivity contribution < 1.29 is 0 Å². The fraction of sp³-hybridized carbons (Fsp3) is 0.692. The van der Waals surface area contributed by atoms with E-state index in [2.05, 4.69) is 23.8 Å².